The number of thioether (sulfide) groups is 1. The summed E-state index contributed by atoms with van der Waals surface area (Å²) in [5.74, 6) is 2.31. The molecule has 192 valence electrons. The second kappa shape index (κ2) is 11.7. The molecule has 2 aromatic carbocycles. The molecule has 2 heterocycles. The minimum absolute atomic E-state index is 0.145. The Morgan fingerprint density at radius 3 is 2.58 bits per heavy atom. The molecule has 2 fully saturated rings. The van der Waals surface area contributed by atoms with Gasteiger partial charge in [-0.1, -0.05) is 18.6 Å². The van der Waals surface area contributed by atoms with Gasteiger partial charge in [0.15, 0.2) is 11.5 Å². The Kier molecular flexibility index (Phi) is 8.12. The number of ether oxygens (including phenoxy) is 2. The first-order chi connectivity index (χ1) is 17.7. The second-order valence-corrected chi connectivity index (χ2v) is 11.0. The number of rotatable bonds is 9. The standard InChI is InChI=1S/C30H39N3O2S/c1-34-29-18-23(17-27(30(29)35-2)22-6-4-7-22)28-16-21(10-13-31-28)20-33-14-11-24(12-15-33)32-25-8-5-9-26(19-25)36-3/h5,8-10,13,16-19,22,24,28,31-32H,4,6-7,11-12,14-15,20H2,1-3H3. The van der Waals surface area contributed by atoms with E-state index in [0.717, 1.165) is 31.1 Å². The molecule has 1 saturated heterocycles. The Morgan fingerprint density at radius 1 is 1.06 bits per heavy atom. The minimum Gasteiger partial charge on any atom is -0.493 e. The second-order valence-electron chi connectivity index (χ2n) is 10.1. The van der Waals surface area contributed by atoms with Gasteiger partial charge in [0.1, 0.15) is 0 Å². The van der Waals surface area contributed by atoms with Crippen molar-refractivity contribution in [3.8, 4) is 11.5 Å². The molecular formula is C30H39N3O2S. The third-order valence-corrected chi connectivity index (χ3v) is 8.55. The molecule has 0 spiro atoms. The van der Waals surface area contributed by atoms with Gasteiger partial charge in [0.05, 0.1) is 20.3 Å². The molecule has 0 bridgehead atoms. The summed E-state index contributed by atoms with van der Waals surface area (Å²) in [6, 6.07) is 13.9. The van der Waals surface area contributed by atoms with Gasteiger partial charge < -0.3 is 20.1 Å². The van der Waals surface area contributed by atoms with E-state index in [-0.39, 0.29) is 6.04 Å². The summed E-state index contributed by atoms with van der Waals surface area (Å²) in [7, 11) is 3.49. The first-order valence-corrected chi connectivity index (χ1v) is 14.4. The van der Waals surface area contributed by atoms with Gasteiger partial charge in [-0.2, -0.15) is 0 Å². The summed E-state index contributed by atoms with van der Waals surface area (Å²) in [5, 5.41) is 7.31. The summed E-state index contributed by atoms with van der Waals surface area (Å²) in [6.45, 7) is 3.23. The predicted molar refractivity (Wildman–Crippen MR) is 151 cm³/mol. The van der Waals surface area contributed by atoms with Crippen LogP contribution in [0, 0.1) is 0 Å². The molecule has 0 radical (unpaired) electrons. The van der Waals surface area contributed by atoms with Crippen molar-refractivity contribution in [2.45, 2.75) is 55.0 Å². The lowest BCUT2D eigenvalue weighted by atomic mass is 9.78. The summed E-state index contributed by atoms with van der Waals surface area (Å²) in [6.07, 6.45) is 14.9. The van der Waals surface area contributed by atoms with E-state index in [0.29, 0.717) is 12.0 Å². The van der Waals surface area contributed by atoms with E-state index in [1.54, 1.807) is 26.0 Å². The Bertz CT molecular complexity index is 1100. The van der Waals surface area contributed by atoms with E-state index in [4.69, 9.17) is 9.47 Å². The molecule has 36 heavy (non-hydrogen) atoms. The van der Waals surface area contributed by atoms with Gasteiger partial charge in [0.2, 0.25) is 0 Å². The quantitative estimate of drug-likeness (QED) is 0.387. The Hall–Kier alpha value is -2.57. The van der Waals surface area contributed by atoms with Crippen LogP contribution in [-0.2, 0) is 0 Å². The summed E-state index contributed by atoms with van der Waals surface area (Å²) in [5.41, 5.74) is 5.15. The maximum Gasteiger partial charge on any atom is 0.164 e. The van der Waals surface area contributed by atoms with Crippen LogP contribution in [0.4, 0.5) is 5.69 Å². The number of piperidine rings is 1. The number of nitrogens with zero attached hydrogens (tertiary/aromatic N) is 1. The van der Waals surface area contributed by atoms with E-state index >= 15 is 0 Å². The lowest BCUT2D eigenvalue weighted by Gasteiger charge is -2.34. The molecule has 6 heteroatoms. The third kappa shape index (κ3) is 5.70. The molecule has 5 rings (SSSR count). The zero-order chi connectivity index (χ0) is 24.9. The van der Waals surface area contributed by atoms with Crippen LogP contribution in [-0.4, -0.2) is 51.1 Å². The van der Waals surface area contributed by atoms with Gasteiger partial charge in [0.25, 0.3) is 0 Å². The number of hydrogen-bond acceptors (Lipinski definition) is 6. The van der Waals surface area contributed by atoms with Crippen molar-refractivity contribution in [2.24, 2.45) is 0 Å². The zero-order valence-electron chi connectivity index (χ0n) is 21.8. The Labute approximate surface area is 220 Å². The Balaban J connectivity index is 1.22. The van der Waals surface area contributed by atoms with Crippen LogP contribution >= 0.6 is 11.8 Å². The monoisotopic (exact) mass is 505 g/mol. The zero-order valence-corrected chi connectivity index (χ0v) is 22.6. The maximum absolute atomic E-state index is 5.76. The molecule has 2 aromatic rings. The van der Waals surface area contributed by atoms with Crippen molar-refractivity contribution in [1.29, 1.82) is 0 Å². The lowest BCUT2D eigenvalue weighted by Crippen LogP contribution is -2.40. The summed E-state index contributed by atoms with van der Waals surface area (Å²) >= 11 is 1.79. The van der Waals surface area contributed by atoms with Crippen LogP contribution in [0.2, 0.25) is 0 Å². The normalized spacial score (nSPS) is 20.9. The van der Waals surface area contributed by atoms with E-state index in [2.05, 4.69) is 76.5 Å². The fourth-order valence-corrected chi connectivity index (χ4v) is 5.99. The highest BCUT2D eigenvalue weighted by Crippen LogP contribution is 2.46. The lowest BCUT2D eigenvalue weighted by molar-refractivity contribution is 0.236. The highest BCUT2D eigenvalue weighted by atomic mass is 32.2. The summed E-state index contributed by atoms with van der Waals surface area (Å²) in [4.78, 5) is 3.90. The topological polar surface area (TPSA) is 45.8 Å². The molecule has 1 unspecified atom stereocenters. The number of hydrogen-bond donors (Lipinski definition) is 2. The minimum atomic E-state index is 0.145. The van der Waals surface area contributed by atoms with Crippen molar-refractivity contribution in [2.75, 3.05) is 45.4 Å². The van der Waals surface area contributed by atoms with Crippen LogP contribution in [0.25, 0.3) is 0 Å². The van der Waals surface area contributed by atoms with Crippen LogP contribution in [0.1, 0.15) is 55.2 Å². The number of methoxy groups -OCH3 is 2. The summed E-state index contributed by atoms with van der Waals surface area (Å²) < 4.78 is 11.5. The van der Waals surface area contributed by atoms with Gasteiger partial charge in [-0.3, -0.25) is 4.90 Å². The maximum atomic E-state index is 5.76. The van der Waals surface area contributed by atoms with Crippen molar-refractivity contribution in [3.63, 3.8) is 0 Å². The highest BCUT2D eigenvalue weighted by molar-refractivity contribution is 7.98. The van der Waals surface area contributed by atoms with Gasteiger partial charge in [-0.25, -0.2) is 0 Å². The average Bonchev–Trinajstić information content (AvgIpc) is 2.88. The number of benzene rings is 2. The van der Waals surface area contributed by atoms with Crippen molar-refractivity contribution in [3.05, 3.63) is 71.5 Å². The first-order valence-electron chi connectivity index (χ1n) is 13.2. The molecule has 1 atom stereocenters. The van der Waals surface area contributed by atoms with Gasteiger partial charge in [0, 0.05) is 41.8 Å². The third-order valence-electron chi connectivity index (χ3n) is 7.82. The Morgan fingerprint density at radius 2 is 1.89 bits per heavy atom. The van der Waals surface area contributed by atoms with E-state index < -0.39 is 0 Å². The molecule has 1 saturated carbocycles. The van der Waals surface area contributed by atoms with Crippen molar-refractivity contribution >= 4 is 17.4 Å². The molecular weight excluding hydrogens is 466 g/mol. The molecule has 0 aromatic heterocycles. The van der Waals surface area contributed by atoms with Crippen LogP contribution in [0.15, 0.2) is 65.2 Å². The van der Waals surface area contributed by atoms with E-state index in [1.165, 1.54) is 59.4 Å². The fourth-order valence-electron chi connectivity index (χ4n) is 5.53. The molecule has 5 nitrogen and oxygen atoms in total. The van der Waals surface area contributed by atoms with Crippen LogP contribution in [0.3, 0.4) is 0 Å². The van der Waals surface area contributed by atoms with Crippen LogP contribution < -0.4 is 20.1 Å². The molecule has 3 aliphatic rings. The average molecular weight is 506 g/mol. The van der Waals surface area contributed by atoms with Crippen LogP contribution in [0.5, 0.6) is 11.5 Å². The van der Waals surface area contributed by atoms with E-state index in [9.17, 15) is 0 Å². The van der Waals surface area contributed by atoms with Gasteiger partial charge in [-0.05, 0) is 91.6 Å². The SMILES string of the molecule is COc1cc(C2C=C(CN3CCC(Nc4cccc(SC)c4)CC3)C=CN2)cc(C2CCC2)c1OC. The predicted octanol–water partition coefficient (Wildman–Crippen LogP) is 6.35. The molecule has 2 N–H and O–H groups in total. The fraction of sp³-hybridized carbons (Fsp3) is 0.467. The smallest absolute Gasteiger partial charge is 0.164 e. The van der Waals surface area contributed by atoms with Gasteiger partial charge in [-0.15, -0.1) is 11.8 Å². The van der Waals surface area contributed by atoms with Crippen molar-refractivity contribution in [1.82, 2.24) is 10.2 Å². The van der Waals surface area contributed by atoms with E-state index in [1.807, 2.05) is 0 Å². The highest BCUT2D eigenvalue weighted by Gasteiger charge is 2.27. The number of anilines is 1. The molecule has 2 aliphatic heterocycles. The number of nitrogens with one attached hydrogen (secondary N) is 2. The first kappa shape index (κ1) is 25.1. The van der Waals surface area contributed by atoms with Crippen molar-refractivity contribution < 1.29 is 9.47 Å². The molecule has 0 amide bonds. The largest absolute Gasteiger partial charge is 0.493 e. The van der Waals surface area contributed by atoms with Gasteiger partial charge >= 0.3 is 0 Å². The number of likely N-dealkylation sites (tertiary alicyclic amines) is 1. The number of dihydropyridines is 1. The molecule has 1 aliphatic carbocycles.